The van der Waals surface area contributed by atoms with E-state index in [-0.39, 0.29) is 25.9 Å². The van der Waals surface area contributed by atoms with E-state index in [0.717, 1.165) is 0 Å². The van der Waals surface area contributed by atoms with Crippen molar-refractivity contribution in [3.63, 3.8) is 0 Å². The molecule has 100 valence electrons. The Balaban J connectivity index is 2.83. The normalized spacial score (nSPS) is 9.63. The zero-order valence-corrected chi connectivity index (χ0v) is 10.2. The number of hydrogen-bond donors (Lipinski definition) is 2. The van der Waals surface area contributed by atoms with Gasteiger partial charge < -0.3 is 15.1 Å². The molecule has 0 aliphatic rings. The van der Waals surface area contributed by atoms with Crippen LogP contribution in [0.3, 0.4) is 0 Å². The van der Waals surface area contributed by atoms with Gasteiger partial charge in [0.25, 0.3) is 0 Å². The van der Waals surface area contributed by atoms with Crippen LogP contribution in [0, 0.1) is 11.3 Å². The van der Waals surface area contributed by atoms with E-state index in [1.165, 1.54) is 0 Å². The SMILES string of the molecule is N#Cc1cccc(N(CCC(=O)O)CCC(=O)O)c1. The van der Waals surface area contributed by atoms with Crippen LogP contribution >= 0.6 is 0 Å². The summed E-state index contributed by atoms with van der Waals surface area (Å²) in [4.78, 5) is 22.9. The van der Waals surface area contributed by atoms with Crippen LogP contribution in [0.25, 0.3) is 0 Å². The summed E-state index contributed by atoms with van der Waals surface area (Å²) in [5.41, 5.74) is 1.11. The molecule has 19 heavy (non-hydrogen) atoms. The Morgan fingerprint density at radius 1 is 1.16 bits per heavy atom. The lowest BCUT2D eigenvalue weighted by Crippen LogP contribution is -2.28. The average molecular weight is 262 g/mol. The predicted molar refractivity (Wildman–Crippen MR) is 67.9 cm³/mol. The number of rotatable bonds is 7. The fraction of sp³-hybridized carbons (Fsp3) is 0.308. The molecule has 1 aromatic carbocycles. The van der Waals surface area contributed by atoms with Gasteiger partial charge in [-0.2, -0.15) is 5.26 Å². The predicted octanol–water partition coefficient (Wildman–Crippen LogP) is 1.31. The fourth-order valence-corrected chi connectivity index (χ4v) is 1.60. The Morgan fingerprint density at radius 3 is 2.21 bits per heavy atom. The van der Waals surface area contributed by atoms with E-state index >= 15 is 0 Å². The molecule has 6 heteroatoms. The van der Waals surface area contributed by atoms with Gasteiger partial charge in [0.2, 0.25) is 0 Å². The number of nitriles is 1. The summed E-state index contributed by atoms with van der Waals surface area (Å²) in [6.45, 7) is 0.412. The van der Waals surface area contributed by atoms with Crippen LogP contribution in [0.15, 0.2) is 24.3 Å². The number of benzene rings is 1. The topological polar surface area (TPSA) is 102 Å². The van der Waals surface area contributed by atoms with Gasteiger partial charge >= 0.3 is 11.9 Å². The Kier molecular flexibility index (Phi) is 5.35. The highest BCUT2D eigenvalue weighted by Gasteiger charge is 2.11. The summed E-state index contributed by atoms with van der Waals surface area (Å²) < 4.78 is 0. The minimum absolute atomic E-state index is 0.0869. The van der Waals surface area contributed by atoms with Crippen molar-refractivity contribution >= 4 is 17.6 Å². The number of carboxylic acid groups (broad SMARTS) is 2. The largest absolute Gasteiger partial charge is 0.481 e. The first-order valence-electron chi connectivity index (χ1n) is 5.71. The molecule has 0 aliphatic heterocycles. The second-order valence-corrected chi connectivity index (χ2v) is 3.94. The first kappa shape index (κ1) is 14.5. The van der Waals surface area contributed by atoms with Gasteiger partial charge in [-0.1, -0.05) is 6.07 Å². The van der Waals surface area contributed by atoms with Crippen LogP contribution in [-0.4, -0.2) is 35.2 Å². The molecule has 6 nitrogen and oxygen atoms in total. The molecule has 1 rings (SSSR count). The van der Waals surface area contributed by atoms with Gasteiger partial charge in [-0.3, -0.25) is 9.59 Å². The van der Waals surface area contributed by atoms with Gasteiger partial charge in [0.05, 0.1) is 24.5 Å². The summed E-state index contributed by atoms with van der Waals surface area (Å²) in [6.07, 6.45) is -0.174. The van der Waals surface area contributed by atoms with E-state index in [9.17, 15) is 9.59 Å². The first-order valence-corrected chi connectivity index (χ1v) is 5.71. The van der Waals surface area contributed by atoms with Gasteiger partial charge in [-0.15, -0.1) is 0 Å². The van der Waals surface area contributed by atoms with Gasteiger partial charge in [0.1, 0.15) is 0 Å². The number of carboxylic acids is 2. The maximum Gasteiger partial charge on any atom is 0.305 e. The second kappa shape index (κ2) is 7.01. The van der Waals surface area contributed by atoms with Crippen molar-refractivity contribution in [1.82, 2.24) is 0 Å². The summed E-state index contributed by atoms with van der Waals surface area (Å²) >= 11 is 0. The van der Waals surface area contributed by atoms with Crippen molar-refractivity contribution in [2.24, 2.45) is 0 Å². The Morgan fingerprint density at radius 2 is 1.74 bits per heavy atom. The Labute approximate surface area is 110 Å². The van der Waals surface area contributed by atoms with Gasteiger partial charge in [-0.05, 0) is 18.2 Å². The maximum absolute atomic E-state index is 10.6. The smallest absolute Gasteiger partial charge is 0.305 e. The molecule has 0 radical (unpaired) electrons. The average Bonchev–Trinajstić information content (AvgIpc) is 2.38. The lowest BCUT2D eigenvalue weighted by atomic mass is 10.2. The standard InChI is InChI=1S/C13H14N2O4/c14-9-10-2-1-3-11(8-10)15(6-4-12(16)17)7-5-13(18)19/h1-3,8H,4-7H2,(H,16,17)(H,18,19). The van der Waals surface area contributed by atoms with E-state index in [1.54, 1.807) is 29.2 Å². The molecule has 0 bridgehead atoms. The molecule has 0 amide bonds. The van der Waals surface area contributed by atoms with Crippen LogP contribution in [0.2, 0.25) is 0 Å². The third kappa shape index (κ3) is 5.08. The van der Waals surface area contributed by atoms with Crippen molar-refractivity contribution in [2.45, 2.75) is 12.8 Å². The van der Waals surface area contributed by atoms with Crippen molar-refractivity contribution < 1.29 is 19.8 Å². The summed E-state index contributed by atoms with van der Waals surface area (Å²) in [6, 6.07) is 8.65. The highest BCUT2D eigenvalue weighted by atomic mass is 16.4. The molecule has 0 unspecified atom stereocenters. The molecule has 2 N–H and O–H groups in total. The van der Waals surface area contributed by atoms with Crippen LogP contribution in [0.5, 0.6) is 0 Å². The fourth-order valence-electron chi connectivity index (χ4n) is 1.60. The highest BCUT2D eigenvalue weighted by Crippen LogP contribution is 2.16. The lowest BCUT2D eigenvalue weighted by Gasteiger charge is -2.23. The summed E-state index contributed by atoms with van der Waals surface area (Å²) in [5.74, 6) is -1.89. The Hall–Kier alpha value is -2.55. The number of nitrogens with zero attached hydrogens (tertiary/aromatic N) is 2. The Bertz CT molecular complexity index is 490. The van der Waals surface area contributed by atoms with Gasteiger partial charge in [-0.25, -0.2) is 0 Å². The van der Waals surface area contributed by atoms with E-state index in [2.05, 4.69) is 0 Å². The van der Waals surface area contributed by atoms with E-state index < -0.39 is 11.9 Å². The van der Waals surface area contributed by atoms with Crippen LogP contribution < -0.4 is 4.90 Å². The van der Waals surface area contributed by atoms with Gasteiger partial charge in [0.15, 0.2) is 0 Å². The molecule has 0 fully saturated rings. The number of carbonyl (C=O) groups is 2. The zero-order valence-electron chi connectivity index (χ0n) is 10.2. The molecule has 0 spiro atoms. The van der Waals surface area contributed by atoms with Crippen LogP contribution in [0.1, 0.15) is 18.4 Å². The quantitative estimate of drug-likeness (QED) is 0.768. The molecule has 0 atom stereocenters. The molecule has 0 aliphatic carbocycles. The highest BCUT2D eigenvalue weighted by molar-refractivity contribution is 5.69. The molecular formula is C13H14N2O4. The zero-order chi connectivity index (χ0) is 14.3. The van der Waals surface area contributed by atoms with Crippen molar-refractivity contribution in [3.8, 4) is 6.07 Å². The third-order valence-electron chi connectivity index (χ3n) is 2.53. The van der Waals surface area contributed by atoms with E-state index in [1.807, 2.05) is 6.07 Å². The van der Waals surface area contributed by atoms with Gasteiger partial charge in [0, 0.05) is 18.8 Å². The summed E-state index contributed by atoms with van der Waals surface area (Å²) in [5, 5.41) is 26.2. The minimum atomic E-state index is -0.947. The second-order valence-electron chi connectivity index (χ2n) is 3.94. The molecule has 0 heterocycles. The van der Waals surface area contributed by atoms with E-state index in [0.29, 0.717) is 11.3 Å². The molecule has 0 aromatic heterocycles. The lowest BCUT2D eigenvalue weighted by molar-refractivity contribution is -0.137. The molecular weight excluding hydrogens is 248 g/mol. The number of anilines is 1. The van der Waals surface area contributed by atoms with Crippen LogP contribution in [0.4, 0.5) is 5.69 Å². The van der Waals surface area contributed by atoms with Crippen molar-refractivity contribution in [1.29, 1.82) is 5.26 Å². The maximum atomic E-state index is 10.6. The van der Waals surface area contributed by atoms with Crippen molar-refractivity contribution in [2.75, 3.05) is 18.0 Å². The monoisotopic (exact) mass is 262 g/mol. The number of hydrogen-bond acceptors (Lipinski definition) is 4. The minimum Gasteiger partial charge on any atom is -0.481 e. The number of aliphatic carboxylic acids is 2. The summed E-state index contributed by atoms with van der Waals surface area (Å²) in [7, 11) is 0. The third-order valence-corrected chi connectivity index (χ3v) is 2.53. The molecule has 0 saturated heterocycles. The molecule has 1 aromatic rings. The van der Waals surface area contributed by atoms with E-state index in [4.69, 9.17) is 15.5 Å². The molecule has 0 saturated carbocycles. The first-order chi connectivity index (χ1) is 9.02. The van der Waals surface area contributed by atoms with Crippen LogP contribution in [-0.2, 0) is 9.59 Å². The van der Waals surface area contributed by atoms with Crippen molar-refractivity contribution in [3.05, 3.63) is 29.8 Å².